The number of benzene rings is 2. The Morgan fingerprint density at radius 3 is 2.75 bits per heavy atom. The molecule has 6 nitrogen and oxygen atoms in total. The molecule has 1 N–H and O–H groups in total. The molecule has 0 atom stereocenters. The van der Waals surface area contributed by atoms with Crippen molar-refractivity contribution in [2.24, 2.45) is 0 Å². The van der Waals surface area contributed by atoms with Gasteiger partial charge in [-0.15, -0.1) is 5.10 Å². The number of hydrogen-bond acceptors (Lipinski definition) is 5. The van der Waals surface area contributed by atoms with Crippen LogP contribution in [-0.2, 0) is 6.42 Å². The van der Waals surface area contributed by atoms with E-state index in [1.807, 2.05) is 30.3 Å². The third kappa shape index (κ3) is 3.80. The SMILES string of the molecule is COc1ccc(Br)c(C(=O)Nc2nnc(Cc3ccccc3)o2)c1. The van der Waals surface area contributed by atoms with Gasteiger partial charge in [0.15, 0.2) is 0 Å². The van der Waals surface area contributed by atoms with E-state index < -0.39 is 0 Å². The highest BCUT2D eigenvalue weighted by Gasteiger charge is 2.15. The van der Waals surface area contributed by atoms with E-state index in [0.29, 0.717) is 28.1 Å². The second kappa shape index (κ2) is 7.27. The van der Waals surface area contributed by atoms with Crippen LogP contribution in [0, 0.1) is 0 Å². The summed E-state index contributed by atoms with van der Waals surface area (Å²) in [5, 5.41) is 10.4. The van der Waals surface area contributed by atoms with Crippen LogP contribution in [0.25, 0.3) is 0 Å². The number of anilines is 1. The molecular weight excluding hydrogens is 374 g/mol. The zero-order valence-corrected chi connectivity index (χ0v) is 14.4. The summed E-state index contributed by atoms with van der Waals surface area (Å²) >= 11 is 3.34. The van der Waals surface area contributed by atoms with Gasteiger partial charge in [0.25, 0.3) is 5.91 Å². The molecule has 0 spiro atoms. The maximum atomic E-state index is 12.3. The number of nitrogens with one attached hydrogen (secondary N) is 1. The Bertz CT molecular complexity index is 849. The van der Waals surface area contributed by atoms with Crippen LogP contribution in [0.15, 0.2) is 57.4 Å². The molecule has 2 aromatic carbocycles. The summed E-state index contributed by atoms with van der Waals surface area (Å²) in [7, 11) is 1.54. The molecule has 1 aromatic heterocycles. The Morgan fingerprint density at radius 1 is 1.21 bits per heavy atom. The molecule has 0 aliphatic rings. The zero-order valence-electron chi connectivity index (χ0n) is 12.8. The summed E-state index contributed by atoms with van der Waals surface area (Å²) in [6.45, 7) is 0. The standard InChI is InChI=1S/C17H14BrN3O3/c1-23-12-7-8-14(18)13(10-12)16(22)19-17-21-20-15(24-17)9-11-5-3-2-4-6-11/h2-8,10H,9H2,1H3,(H,19,21,22). The van der Waals surface area contributed by atoms with Crippen molar-refractivity contribution in [1.82, 2.24) is 10.2 Å². The highest BCUT2D eigenvalue weighted by Crippen LogP contribution is 2.23. The summed E-state index contributed by atoms with van der Waals surface area (Å²) < 4.78 is 11.2. The lowest BCUT2D eigenvalue weighted by molar-refractivity contribution is 0.102. The molecule has 0 radical (unpaired) electrons. The van der Waals surface area contributed by atoms with Crippen LogP contribution in [0.4, 0.5) is 6.01 Å². The Hall–Kier alpha value is -2.67. The second-order valence-electron chi connectivity index (χ2n) is 4.96. The number of ether oxygens (including phenoxy) is 1. The monoisotopic (exact) mass is 387 g/mol. The lowest BCUT2D eigenvalue weighted by atomic mass is 10.2. The van der Waals surface area contributed by atoms with E-state index in [1.165, 1.54) is 0 Å². The Labute approximate surface area is 147 Å². The van der Waals surface area contributed by atoms with E-state index >= 15 is 0 Å². The van der Waals surface area contributed by atoms with Gasteiger partial charge in [-0.2, -0.15) is 0 Å². The Morgan fingerprint density at radius 2 is 2.00 bits per heavy atom. The van der Waals surface area contributed by atoms with E-state index in [9.17, 15) is 4.79 Å². The summed E-state index contributed by atoms with van der Waals surface area (Å²) in [5.74, 6) is 0.649. The number of nitrogens with zero attached hydrogens (tertiary/aromatic N) is 2. The fourth-order valence-electron chi connectivity index (χ4n) is 2.12. The first-order chi connectivity index (χ1) is 11.7. The van der Waals surface area contributed by atoms with Gasteiger partial charge < -0.3 is 9.15 Å². The maximum Gasteiger partial charge on any atom is 0.322 e. The van der Waals surface area contributed by atoms with E-state index in [4.69, 9.17) is 9.15 Å². The third-order valence-corrected chi connectivity index (χ3v) is 4.00. The number of carbonyl (C=O) groups excluding carboxylic acids is 1. The van der Waals surface area contributed by atoms with Crippen molar-refractivity contribution in [1.29, 1.82) is 0 Å². The van der Waals surface area contributed by atoms with Gasteiger partial charge in [-0.1, -0.05) is 35.4 Å². The minimum atomic E-state index is -0.365. The lowest BCUT2D eigenvalue weighted by Crippen LogP contribution is -2.13. The fourth-order valence-corrected chi connectivity index (χ4v) is 2.54. The van der Waals surface area contributed by atoms with Crippen molar-refractivity contribution in [3.63, 3.8) is 0 Å². The van der Waals surface area contributed by atoms with Crippen LogP contribution in [-0.4, -0.2) is 23.2 Å². The summed E-state index contributed by atoms with van der Waals surface area (Å²) in [6, 6.07) is 14.9. The van der Waals surface area contributed by atoms with E-state index in [0.717, 1.165) is 5.56 Å². The predicted molar refractivity (Wildman–Crippen MR) is 92.2 cm³/mol. The van der Waals surface area contributed by atoms with Gasteiger partial charge in [0, 0.05) is 4.47 Å². The molecule has 0 aliphatic carbocycles. The molecule has 0 saturated heterocycles. The highest BCUT2D eigenvalue weighted by molar-refractivity contribution is 9.10. The molecule has 122 valence electrons. The zero-order chi connectivity index (χ0) is 16.9. The Balaban J connectivity index is 1.71. The quantitative estimate of drug-likeness (QED) is 0.722. The van der Waals surface area contributed by atoms with E-state index in [-0.39, 0.29) is 11.9 Å². The van der Waals surface area contributed by atoms with Crippen LogP contribution in [0.5, 0.6) is 5.75 Å². The minimum Gasteiger partial charge on any atom is -0.497 e. The summed E-state index contributed by atoms with van der Waals surface area (Å²) in [4.78, 5) is 12.3. The molecule has 0 aliphatic heterocycles. The first kappa shape index (κ1) is 16.2. The van der Waals surface area contributed by atoms with Crippen molar-refractivity contribution in [2.75, 3.05) is 12.4 Å². The van der Waals surface area contributed by atoms with Crippen molar-refractivity contribution in [3.8, 4) is 5.75 Å². The van der Waals surface area contributed by atoms with E-state index in [2.05, 4.69) is 31.4 Å². The molecule has 1 heterocycles. The summed E-state index contributed by atoms with van der Waals surface area (Å²) in [5.41, 5.74) is 1.46. The topological polar surface area (TPSA) is 77.2 Å². The average molecular weight is 388 g/mol. The van der Waals surface area contributed by atoms with Crippen LogP contribution < -0.4 is 10.1 Å². The van der Waals surface area contributed by atoms with Gasteiger partial charge in [0.2, 0.25) is 5.89 Å². The maximum absolute atomic E-state index is 12.3. The third-order valence-electron chi connectivity index (χ3n) is 3.30. The van der Waals surface area contributed by atoms with Gasteiger partial charge in [-0.05, 0) is 39.7 Å². The largest absolute Gasteiger partial charge is 0.497 e. The van der Waals surface area contributed by atoms with Crippen molar-refractivity contribution < 1.29 is 13.9 Å². The van der Waals surface area contributed by atoms with Crippen LogP contribution in [0.3, 0.4) is 0 Å². The number of methoxy groups -OCH3 is 1. The van der Waals surface area contributed by atoms with Crippen LogP contribution in [0.2, 0.25) is 0 Å². The molecule has 24 heavy (non-hydrogen) atoms. The molecule has 3 aromatic rings. The highest BCUT2D eigenvalue weighted by atomic mass is 79.9. The smallest absolute Gasteiger partial charge is 0.322 e. The average Bonchev–Trinajstić information content (AvgIpc) is 3.03. The lowest BCUT2D eigenvalue weighted by Gasteiger charge is -2.06. The predicted octanol–water partition coefficient (Wildman–Crippen LogP) is 3.68. The van der Waals surface area contributed by atoms with Gasteiger partial charge in [0.1, 0.15) is 5.75 Å². The number of hydrogen-bond donors (Lipinski definition) is 1. The molecule has 0 saturated carbocycles. The molecule has 0 unspecified atom stereocenters. The summed E-state index contributed by atoms with van der Waals surface area (Å²) in [6.07, 6.45) is 0.507. The van der Waals surface area contributed by atoms with Crippen LogP contribution >= 0.6 is 15.9 Å². The molecule has 3 rings (SSSR count). The first-order valence-electron chi connectivity index (χ1n) is 7.17. The van der Waals surface area contributed by atoms with Gasteiger partial charge >= 0.3 is 6.01 Å². The van der Waals surface area contributed by atoms with Crippen molar-refractivity contribution in [2.45, 2.75) is 6.42 Å². The fraction of sp³-hybridized carbons (Fsp3) is 0.118. The molecule has 1 amide bonds. The van der Waals surface area contributed by atoms with Gasteiger partial charge in [-0.3, -0.25) is 10.1 Å². The van der Waals surface area contributed by atoms with Gasteiger partial charge in [0.05, 0.1) is 19.1 Å². The van der Waals surface area contributed by atoms with Crippen molar-refractivity contribution >= 4 is 27.9 Å². The number of rotatable bonds is 5. The first-order valence-corrected chi connectivity index (χ1v) is 7.96. The number of aromatic nitrogens is 2. The molecule has 0 fully saturated rings. The van der Waals surface area contributed by atoms with Crippen molar-refractivity contribution in [3.05, 3.63) is 70.0 Å². The number of carbonyl (C=O) groups is 1. The second-order valence-corrected chi connectivity index (χ2v) is 5.82. The molecular formula is C17H14BrN3O3. The van der Waals surface area contributed by atoms with E-state index in [1.54, 1.807) is 25.3 Å². The number of halogens is 1. The Kier molecular flexibility index (Phi) is 4.90. The number of amides is 1. The van der Waals surface area contributed by atoms with Crippen LogP contribution in [0.1, 0.15) is 21.8 Å². The normalized spacial score (nSPS) is 10.4. The molecule has 0 bridgehead atoms. The minimum absolute atomic E-state index is 0.0562. The van der Waals surface area contributed by atoms with Gasteiger partial charge in [-0.25, -0.2) is 0 Å². The molecule has 7 heteroatoms.